The highest BCUT2D eigenvalue weighted by Gasteiger charge is 2.19. The van der Waals surface area contributed by atoms with Gasteiger partial charge in [-0.2, -0.15) is 0 Å². The van der Waals surface area contributed by atoms with Gasteiger partial charge >= 0.3 is 0 Å². The molecule has 1 heterocycles. The maximum atomic E-state index is 13.0. The third kappa shape index (κ3) is 3.80. The minimum atomic E-state index is -0.355. The van der Waals surface area contributed by atoms with Crippen LogP contribution in [0.2, 0.25) is 0 Å². The van der Waals surface area contributed by atoms with Crippen molar-refractivity contribution in [1.82, 2.24) is 9.78 Å². The van der Waals surface area contributed by atoms with E-state index in [1.807, 2.05) is 37.3 Å². The molecule has 3 nitrogen and oxygen atoms in total. The van der Waals surface area contributed by atoms with Gasteiger partial charge in [-0.3, -0.25) is 4.79 Å². The Morgan fingerprint density at radius 1 is 1.21 bits per heavy atom. The quantitative estimate of drug-likeness (QED) is 0.350. The molecular weight excluding hydrogens is 363 g/mol. The second-order valence-electron chi connectivity index (χ2n) is 5.01. The van der Waals surface area contributed by atoms with E-state index in [0.717, 1.165) is 10.0 Å². The monoisotopic (exact) mass is 376 g/mol. The Kier molecular flexibility index (Phi) is 5.23. The smallest absolute Gasteiger partial charge is 0.184 e. The number of nitrogens with zero attached hydrogens (tertiary/aromatic N) is 2. The number of aromatic nitrogens is 2. The molecule has 1 unspecified atom stereocenters. The molecular formula is C17H13FN2OS3. The van der Waals surface area contributed by atoms with Crippen LogP contribution >= 0.6 is 35.3 Å². The fraction of sp³-hybridized carbons (Fsp3) is 0.118. The van der Waals surface area contributed by atoms with Gasteiger partial charge in [-0.05, 0) is 55.5 Å². The average Bonchev–Trinajstić information content (AvgIpc) is 2.96. The van der Waals surface area contributed by atoms with Crippen molar-refractivity contribution in [3.8, 4) is 5.69 Å². The molecule has 0 saturated carbocycles. The molecule has 3 rings (SSSR count). The van der Waals surface area contributed by atoms with Crippen molar-refractivity contribution in [1.29, 1.82) is 0 Å². The van der Waals surface area contributed by atoms with Crippen LogP contribution in [0, 0.1) is 9.77 Å². The number of rotatable bonds is 5. The normalized spacial score (nSPS) is 12.1. The van der Waals surface area contributed by atoms with E-state index in [9.17, 15) is 9.18 Å². The first-order valence-corrected chi connectivity index (χ1v) is 9.27. The first-order valence-electron chi connectivity index (χ1n) is 7.16. The maximum absolute atomic E-state index is 13.0. The lowest BCUT2D eigenvalue weighted by Crippen LogP contribution is -2.13. The van der Waals surface area contributed by atoms with Crippen molar-refractivity contribution in [2.24, 2.45) is 0 Å². The molecule has 122 valence electrons. The zero-order chi connectivity index (χ0) is 17.1. The van der Waals surface area contributed by atoms with Crippen LogP contribution in [0.3, 0.4) is 0 Å². The van der Waals surface area contributed by atoms with Crippen molar-refractivity contribution in [3.63, 3.8) is 0 Å². The van der Waals surface area contributed by atoms with Crippen LogP contribution in [0.15, 0.2) is 58.9 Å². The van der Waals surface area contributed by atoms with Crippen LogP contribution < -0.4 is 0 Å². The number of thioether (sulfide) groups is 1. The molecule has 0 aliphatic carbocycles. The summed E-state index contributed by atoms with van der Waals surface area (Å²) in [5.74, 6) is -0.418. The molecule has 24 heavy (non-hydrogen) atoms. The van der Waals surface area contributed by atoms with Crippen LogP contribution in [0.5, 0.6) is 0 Å². The molecule has 0 amide bonds. The number of para-hydroxylation sites is 1. The minimum absolute atomic E-state index is 0.0626. The molecule has 2 aromatic carbocycles. The van der Waals surface area contributed by atoms with Gasteiger partial charge in [0.25, 0.3) is 0 Å². The largest absolute Gasteiger partial charge is 0.293 e. The first-order chi connectivity index (χ1) is 11.5. The minimum Gasteiger partial charge on any atom is -0.293 e. The van der Waals surface area contributed by atoms with Gasteiger partial charge in [0.05, 0.1) is 10.9 Å². The average molecular weight is 377 g/mol. The second-order valence-corrected chi connectivity index (χ2v) is 8.22. The number of carbonyl (C=O) groups excluding carboxylic acids is 1. The Labute approximate surface area is 152 Å². The molecule has 0 spiro atoms. The summed E-state index contributed by atoms with van der Waals surface area (Å²) in [4.78, 5) is 12.4. The van der Waals surface area contributed by atoms with E-state index in [2.05, 4.69) is 5.10 Å². The van der Waals surface area contributed by atoms with Crippen LogP contribution in [-0.2, 0) is 0 Å². The van der Waals surface area contributed by atoms with Crippen molar-refractivity contribution in [3.05, 3.63) is 69.9 Å². The Morgan fingerprint density at radius 2 is 1.88 bits per heavy atom. The summed E-state index contributed by atoms with van der Waals surface area (Å²) in [6, 6.07) is 15.2. The Hall–Kier alpha value is -1.83. The highest BCUT2D eigenvalue weighted by Crippen LogP contribution is 2.29. The highest BCUT2D eigenvalue weighted by molar-refractivity contribution is 8.02. The van der Waals surface area contributed by atoms with Gasteiger partial charge < -0.3 is 0 Å². The van der Waals surface area contributed by atoms with Gasteiger partial charge in [0.15, 0.2) is 14.1 Å². The van der Waals surface area contributed by atoms with Gasteiger partial charge in [-0.15, -0.1) is 5.10 Å². The third-order valence-corrected chi connectivity index (χ3v) is 5.72. The summed E-state index contributed by atoms with van der Waals surface area (Å²) in [6.07, 6.45) is 0. The molecule has 0 aliphatic rings. The topological polar surface area (TPSA) is 34.9 Å². The molecule has 3 aromatic rings. The molecule has 0 N–H and O–H groups in total. The van der Waals surface area contributed by atoms with Crippen LogP contribution in [0.25, 0.3) is 5.69 Å². The highest BCUT2D eigenvalue weighted by atomic mass is 32.2. The fourth-order valence-corrected chi connectivity index (χ4v) is 4.68. The summed E-state index contributed by atoms with van der Waals surface area (Å²) >= 11 is 8.09. The van der Waals surface area contributed by atoms with Gasteiger partial charge in [0.1, 0.15) is 5.82 Å². The number of ketones is 1. The summed E-state index contributed by atoms with van der Waals surface area (Å²) in [6.45, 7) is 1.81. The first kappa shape index (κ1) is 17.0. The number of hydrogen-bond donors (Lipinski definition) is 0. The van der Waals surface area contributed by atoms with Gasteiger partial charge in [-0.25, -0.2) is 9.07 Å². The Morgan fingerprint density at radius 3 is 2.54 bits per heavy atom. The Balaban J connectivity index is 1.78. The van der Waals surface area contributed by atoms with E-state index >= 15 is 0 Å². The molecule has 7 heteroatoms. The predicted molar refractivity (Wildman–Crippen MR) is 98.3 cm³/mol. The van der Waals surface area contributed by atoms with E-state index in [1.54, 1.807) is 4.68 Å². The van der Waals surface area contributed by atoms with Crippen molar-refractivity contribution < 1.29 is 9.18 Å². The SMILES string of the molecule is CC(Sc1nn(-c2ccccc2)c(=S)s1)C(=O)c1ccc(F)cc1. The molecule has 0 saturated heterocycles. The van der Waals surface area contributed by atoms with Gasteiger partial charge in [-0.1, -0.05) is 41.3 Å². The summed E-state index contributed by atoms with van der Waals surface area (Å²) < 4.78 is 16.0. The number of hydrogen-bond acceptors (Lipinski definition) is 5. The van der Waals surface area contributed by atoms with Crippen molar-refractivity contribution in [2.45, 2.75) is 16.5 Å². The summed E-state index contributed by atoms with van der Waals surface area (Å²) in [7, 11) is 0. The van der Waals surface area contributed by atoms with Gasteiger partial charge in [0.2, 0.25) is 0 Å². The van der Waals surface area contributed by atoms with E-state index in [1.165, 1.54) is 47.4 Å². The van der Waals surface area contributed by atoms with E-state index in [-0.39, 0.29) is 16.9 Å². The number of carbonyl (C=O) groups is 1. The molecule has 1 aromatic heterocycles. The van der Waals surface area contributed by atoms with E-state index in [0.29, 0.717) is 9.52 Å². The predicted octanol–water partition coefficient (Wildman–Crippen LogP) is 5.17. The van der Waals surface area contributed by atoms with E-state index in [4.69, 9.17) is 12.2 Å². The lowest BCUT2D eigenvalue weighted by atomic mass is 10.1. The summed E-state index contributed by atoms with van der Waals surface area (Å²) in [5, 5.41) is 4.16. The standard InChI is InChI=1S/C17H13FN2OS3/c1-11(15(21)12-7-9-13(18)10-8-12)23-16-19-20(17(22)24-16)14-5-3-2-4-6-14/h2-11H,1H3. The van der Waals surface area contributed by atoms with Crippen LogP contribution in [-0.4, -0.2) is 20.8 Å². The van der Waals surface area contributed by atoms with Crippen molar-refractivity contribution in [2.75, 3.05) is 0 Å². The maximum Gasteiger partial charge on any atom is 0.184 e. The fourth-order valence-electron chi connectivity index (χ4n) is 2.09. The second kappa shape index (κ2) is 7.38. The number of halogens is 1. The van der Waals surface area contributed by atoms with E-state index < -0.39 is 0 Å². The molecule has 0 aliphatic heterocycles. The van der Waals surface area contributed by atoms with Crippen molar-refractivity contribution >= 4 is 41.1 Å². The molecule has 0 radical (unpaired) electrons. The van der Waals surface area contributed by atoms with Crippen LogP contribution in [0.1, 0.15) is 17.3 Å². The molecule has 0 bridgehead atoms. The summed E-state index contributed by atoms with van der Waals surface area (Å²) in [5.41, 5.74) is 1.38. The zero-order valence-electron chi connectivity index (χ0n) is 12.7. The molecule has 1 atom stereocenters. The number of benzene rings is 2. The molecule has 0 fully saturated rings. The zero-order valence-corrected chi connectivity index (χ0v) is 15.1. The lowest BCUT2D eigenvalue weighted by Gasteiger charge is -2.08. The van der Waals surface area contributed by atoms with Crippen LogP contribution in [0.4, 0.5) is 4.39 Å². The third-order valence-electron chi connectivity index (χ3n) is 3.31. The van der Waals surface area contributed by atoms with Gasteiger partial charge in [0, 0.05) is 5.56 Å². The lowest BCUT2D eigenvalue weighted by molar-refractivity contribution is 0.0994. The number of Topliss-reactive ketones (excluding diaryl/α,β-unsaturated/α-hetero) is 1. The Bertz CT molecular complexity index is 904.